The van der Waals surface area contributed by atoms with Crippen molar-refractivity contribution in [3.63, 3.8) is 0 Å². The van der Waals surface area contributed by atoms with Gasteiger partial charge >= 0.3 is 0 Å². The number of rotatable bonds is 4. The van der Waals surface area contributed by atoms with Gasteiger partial charge in [0.2, 0.25) is 0 Å². The lowest BCUT2D eigenvalue weighted by Gasteiger charge is -2.21. The molecule has 0 aromatic heterocycles. The zero-order chi connectivity index (χ0) is 18.1. The van der Waals surface area contributed by atoms with Gasteiger partial charge in [-0.1, -0.05) is 50.0 Å². The highest BCUT2D eigenvalue weighted by molar-refractivity contribution is 7.92. The number of nitrogens with one attached hydrogen (secondary N) is 1. The van der Waals surface area contributed by atoms with E-state index in [2.05, 4.69) is 4.72 Å². The van der Waals surface area contributed by atoms with Crippen molar-refractivity contribution >= 4 is 38.9 Å². The zero-order valence-electron chi connectivity index (χ0n) is 13.9. The van der Waals surface area contributed by atoms with Crippen LogP contribution < -0.4 is 9.46 Å². The van der Waals surface area contributed by atoms with E-state index in [0.717, 1.165) is 5.56 Å². The first-order chi connectivity index (χ1) is 11.0. The van der Waals surface area contributed by atoms with Crippen molar-refractivity contribution < 1.29 is 13.2 Å². The summed E-state index contributed by atoms with van der Waals surface area (Å²) in [6, 6.07) is 9.65. The van der Waals surface area contributed by atoms with Gasteiger partial charge in [0.15, 0.2) is 0 Å². The minimum Gasteiger partial charge on any atom is -0.495 e. The first-order valence-corrected chi connectivity index (χ1v) is 9.45. The summed E-state index contributed by atoms with van der Waals surface area (Å²) in [5, 5.41) is 0.423. The topological polar surface area (TPSA) is 55.4 Å². The highest BCUT2D eigenvalue weighted by Crippen LogP contribution is 2.34. The van der Waals surface area contributed by atoms with Crippen LogP contribution in [-0.4, -0.2) is 15.5 Å². The predicted molar refractivity (Wildman–Crippen MR) is 99.0 cm³/mol. The molecule has 0 unspecified atom stereocenters. The average molecular weight is 388 g/mol. The number of hydrogen-bond acceptors (Lipinski definition) is 3. The molecule has 0 radical (unpaired) electrons. The van der Waals surface area contributed by atoms with Crippen LogP contribution in [0, 0.1) is 0 Å². The lowest BCUT2D eigenvalue weighted by atomic mass is 9.87. The summed E-state index contributed by atoms with van der Waals surface area (Å²) < 4.78 is 33.1. The second-order valence-electron chi connectivity index (χ2n) is 6.35. The third-order valence-corrected chi connectivity index (χ3v) is 5.58. The first-order valence-electron chi connectivity index (χ1n) is 7.21. The van der Waals surface area contributed by atoms with Gasteiger partial charge in [0.1, 0.15) is 10.6 Å². The second-order valence-corrected chi connectivity index (χ2v) is 8.84. The van der Waals surface area contributed by atoms with Crippen LogP contribution in [0.2, 0.25) is 10.0 Å². The molecule has 2 aromatic rings. The van der Waals surface area contributed by atoms with Gasteiger partial charge in [-0.05, 0) is 41.3 Å². The Morgan fingerprint density at radius 2 is 1.71 bits per heavy atom. The van der Waals surface area contributed by atoms with E-state index >= 15 is 0 Å². The van der Waals surface area contributed by atoms with Crippen molar-refractivity contribution in [1.82, 2.24) is 0 Å². The maximum Gasteiger partial charge on any atom is 0.263 e. The van der Waals surface area contributed by atoms with Gasteiger partial charge in [-0.2, -0.15) is 0 Å². The van der Waals surface area contributed by atoms with Crippen molar-refractivity contribution in [2.75, 3.05) is 11.8 Å². The van der Waals surface area contributed by atoms with E-state index in [1.807, 2.05) is 26.8 Å². The molecule has 7 heteroatoms. The molecule has 0 aliphatic heterocycles. The monoisotopic (exact) mass is 387 g/mol. The summed E-state index contributed by atoms with van der Waals surface area (Å²) >= 11 is 11.8. The Bertz CT molecular complexity index is 859. The number of hydrogen-bond donors (Lipinski definition) is 1. The Balaban J connectivity index is 2.49. The summed E-state index contributed by atoms with van der Waals surface area (Å²) in [6.07, 6.45) is 0. The van der Waals surface area contributed by atoms with Crippen LogP contribution >= 0.6 is 23.2 Å². The SMILES string of the molecule is COc1ccc(C(C)(C)C)cc1NS(=O)(=O)c1ccc(Cl)cc1Cl. The average Bonchev–Trinajstić information content (AvgIpc) is 2.45. The van der Waals surface area contributed by atoms with E-state index in [1.54, 1.807) is 12.1 Å². The maximum absolute atomic E-state index is 12.7. The quantitative estimate of drug-likeness (QED) is 0.793. The number of halogens is 2. The van der Waals surface area contributed by atoms with Crippen molar-refractivity contribution in [2.24, 2.45) is 0 Å². The van der Waals surface area contributed by atoms with E-state index in [9.17, 15) is 8.42 Å². The summed E-state index contributed by atoms with van der Waals surface area (Å²) in [6.45, 7) is 6.13. The van der Waals surface area contributed by atoms with Crippen LogP contribution in [0.1, 0.15) is 26.3 Å². The Morgan fingerprint density at radius 3 is 2.25 bits per heavy atom. The summed E-state index contributed by atoms with van der Waals surface area (Å²) in [7, 11) is -2.39. The number of methoxy groups -OCH3 is 1. The molecule has 0 spiro atoms. The lowest BCUT2D eigenvalue weighted by Crippen LogP contribution is -2.16. The Labute approximate surface area is 152 Å². The molecule has 0 saturated heterocycles. The van der Waals surface area contributed by atoms with E-state index in [0.29, 0.717) is 16.5 Å². The standard InChI is InChI=1S/C17H19Cl2NO3S/c1-17(2,3)11-5-7-15(23-4)14(9-11)20-24(21,22)16-8-6-12(18)10-13(16)19/h5-10,20H,1-4H3. The fourth-order valence-electron chi connectivity index (χ4n) is 2.15. The van der Waals surface area contributed by atoms with Crippen molar-refractivity contribution in [3.8, 4) is 5.75 Å². The summed E-state index contributed by atoms with van der Waals surface area (Å²) in [5.74, 6) is 0.427. The molecule has 0 bridgehead atoms. The Morgan fingerprint density at radius 1 is 1.04 bits per heavy atom. The summed E-state index contributed by atoms with van der Waals surface area (Å²) in [5.41, 5.74) is 1.20. The predicted octanol–water partition coefficient (Wildman–Crippen LogP) is 5.10. The molecule has 0 atom stereocenters. The lowest BCUT2D eigenvalue weighted by molar-refractivity contribution is 0.416. The molecule has 0 heterocycles. The largest absolute Gasteiger partial charge is 0.495 e. The molecule has 0 amide bonds. The molecule has 0 aliphatic rings. The smallest absolute Gasteiger partial charge is 0.263 e. The number of anilines is 1. The number of sulfonamides is 1. The molecule has 130 valence electrons. The minimum atomic E-state index is -3.88. The molecule has 0 fully saturated rings. The minimum absolute atomic E-state index is 0.0446. The van der Waals surface area contributed by atoms with Gasteiger partial charge in [0.25, 0.3) is 10.0 Å². The van der Waals surface area contributed by atoms with E-state index in [-0.39, 0.29) is 15.3 Å². The molecule has 0 aliphatic carbocycles. The van der Waals surface area contributed by atoms with Gasteiger partial charge < -0.3 is 4.74 Å². The van der Waals surface area contributed by atoms with Crippen molar-refractivity contribution in [1.29, 1.82) is 0 Å². The highest BCUT2D eigenvalue weighted by Gasteiger charge is 2.22. The zero-order valence-corrected chi connectivity index (χ0v) is 16.2. The first kappa shape index (κ1) is 18.9. The third kappa shape index (κ3) is 4.15. The van der Waals surface area contributed by atoms with Gasteiger partial charge in [-0.15, -0.1) is 0 Å². The number of benzene rings is 2. The normalized spacial score (nSPS) is 12.1. The molecule has 2 aromatic carbocycles. The molecule has 24 heavy (non-hydrogen) atoms. The fourth-order valence-corrected chi connectivity index (χ4v) is 3.98. The molecule has 1 N–H and O–H groups in total. The molecular weight excluding hydrogens is 369 g/mol. The molecular formula is C17H19Cl2NO3S. The third-order valence-electron chi connectivity index (χ3n) is 3.49. The van der Waals surface area contributed by atoms with E-state index in [1.165, 1.54) is 25.3 Å². The van der Waals surface area contributed by atoms with Gasteiger partial charge in [0, 0.05) is 5.02 Å². The van der Waals surface area contributed by atoms with Crippen LogP contribution in [0.25, 0.3) is 0 Å². The van der Waals surface area contributed by atoms with Crippen LogP contribution in [0.5, 0.6) is 5.75 Å². The fraction of sp³-hybridized carbons (Fsp3) is 0.294. The van der Waals surface area contributed by atoms with Crippen LogP contribution in [0.15, 0.2) is 41.3 Å². The highest BCUT2D eigenvalue weighted by atomic mass is 35.5. The van der Waals surface area contributed by atoms with Crippen LogP contribution in [0.3, 0.4) is 0 Å². The Hall–Kier alpha value is -1.43. The van der Waals surface area contributed by atoms with E-state index < -0.39 is 10.0 Å². The van der Waals surface area contributed by atoms with Crippen molar-refractivity contribution in [2.45, 2.75) is 31.1 Å². The van der Waals surface area contributed by atoms with Gasteiger partial charge in [0.05, 0.1) is 17.8 Å². The number of ether oxygens (including phenoxy) is 1. The Kier molecular flexibility index (Phi) is 5.37. The van der Waals surface area contributed by atoms with E-state index in [4.69, 9.17) is 27.9 Å². The molecule has 4 nitrogen and oxygen atoms in total. The molecule has 0 saturated carbocycles. The summed E-state index contributed by atoms with van der Waals surface area (Å²) in [4.78, 5) is -0.0446. The van der Waals surface area contributed by atoms with Gasteiger partial charge in [-0.3, -0.25) is 4.72 Å². The second kappa shape index (κ2) is 6.82. The molecule has 2 rings (SSSR count). The van der Waals surface area contributed by atoms with Crippen LogP contribution in [0.4, 0.5) is 5.69 Å². The van der Waals surface area contributed by atoms with Crippen molar-refractivity contribution in [3.05, 3.63) is 52.0 Å². The van der Waals surface area contributed by atoms with Crippen LogP contribution in [-0.2, 0) is 15.4 Å². The maximum atomic E-state index is 12.7. The van der Waals surface area contributed by atoms with Gasteiger partial charge in [-0.25, -0.2) is 8.42 Å².